The third-order valence-electron chi connectivity index (χ3n) is 1.23. The Kier molecular flexibility index (Phi) is 2.15. The van der Waals surface area contributed by atoms with E-state index in [2.05, 4.69) is 11.2 Å². The molecule has 1 rings (SSSR count). The minimum absolute atomic E-state index is 0.725. The fourth-order valence-corrected chi connectivity index (χ4v) is 0.751. The maximum Gasteiger partial charge on any atom is 0.181 e. The molecule has 0 aliphatic heterocycles. The Balaban J connectivity index is 2.96. The van der Waals surface area contributed by atoms with Gasteiger partial charge in [0, 0.05) is 11.3 Å². The molecule has 0 aromatic heterocycles. The van der Waals surface area contributed by atoms with E-state index in [4.69, 9.17) is 11.7 Å². The maximum absolute atomic E-state index is 8.27. The van der Waals surface area contributed by atoms with E-state index in [0.29, 0.717) is 0 Å². The van der Waals surface area contributed by atoms with Crippen molar-refractivity contribution >= 4 is 5.69 Å². The van der Waals surface area contributed by atoms with Crippen LogP contribution in [0.5, 0.6) is 0 Å². The lowest BCUT2D eigenvalue weighted by molar-refractivity contribution is 1.47. The Labute approximate surface area is 65.5 Å². The molecule has 0 aliphatic carbocycles. The highest BCUT2D eigenvalue weighted by Crippen LogP contribution is 2.08. The smallest absolute Gasteiger partial charge is 0.181 e. The van der Waals surface area contributed by atoms with Crippen LogP contribution in [0, 0.1) is 23.8 Å². The van der Waals surface area contributed by atoms with Gasteiger partial charge in [-0.15, -0.1) is 6.42 Å². The molecule has 1 aromatic rings. The van der Waals surface area contributed by atoms with Crippen LogP contribution in [-0.2, 0) is 0 Å². The average Bonchev–Trinajstić information content (AvgIpc) is 2.06. The first-order valence-corrected chi connectivity index (χ1v) is 3.08. The summed E-state index contributed by atoms with van der Waals surface area (Å²) < 4.78 is 0. The van der Waals surface area contributed by atoms with Gasteiger partial charge < -0.3 is 0 Å². The molecule has 0 atom stereocenters. The second-order valence-corrected chi connectivity index (χ2v) is 1.96. The molecule has 0 fully saturated rings. The number of hydrogen-bond donors (Lipinski definition) is 1. The third-order valence-corrected chi connectivity index (χ3v) is 1.23. The molecular formula is C9H6N2. The van der Waals surface area contributed by atoms with Crippen molar-refractivity contribution in [2.24, 2.45) is 0 Å². The number of benzene rings is 1. The number of nitrogens with zero attached hydrogens (tertiary/aromatic N) is 1. The van der Waals surface area contributed by atoms with Crippen LogP contribution in [0.2, 0.25) is 0 Å². The number of nitriles is 1. The van der Waals surface area contributed by atoms with Crippen molar-refractivity contribution in [2.75, 3.05) is 5.32 Å². The van der Waals surface area contributed by atoms with Crippen molar-refractivity contribution in [1.29, 1.82) is 5.26 Å². The lowest BCUT2D eigenvalue weighted by Crippen LogP contribution is -1.86. The molecule has 0 aliphatic rings. The predicted molar refractivity (Wildman–Crippen MR) is 43.6 cm³/mol. The molecule has 0 radical (unpaired) electrons. The zero-order chi connectivity index (χ0) is 8.10. The Morgan fingerprint density at radius 1 is 1.45 bits per heavy atom. The maximum atomic E-state index is 8.27. The van der Waals surface area contributed by atoms with Crippen molar-refractivity contribution in [1.82, 2.24) is 0 Å². The van der Waals surface area contributed by atoms with E-state index in [1.165, 1.54) is 0 Å². The third kappa shape index (κ3) is 1.74. The van der Waals surface area contributed by atoms with E-state index in [-0.39, 0.29) is 0 Å². The van der Waals surface area contributed by atoms with E-state index in [0.717, 1.165) is 11.3 Å². The van der Waals surface area contributed by atoms with E-state index in [9.17, 15) is 0 Å². The molecule has 1 N–H and O–H groups in total. The Hall–Kier alpha value is -1.93. The summed E-state index contributed by atoms with van der Waals surface area (Å²) in [6, 6.07) is 7.13. The second kappa shape index (κ2) is 3.29. The summed E-state index contributed by atoms with van der Waals surface area (Å²) in [5, 5.41) is 10.8. The quantitative estimate of drug-likeness (QED) is 0.367. The van der Waals surface area contributed by atoms with Gasteiger partial charge in [0.05, 0.1) is 0 Å². The fourth-order valence-electron chi connectivity index (χ4n) is 0.751. The van der Waals surface area contributed by atoms with Gasteiger partial charge in [-0.05, 0) is 18.2 Å². The summed E-state index contributed by atoms with van der Waals surface area (Å²) in [6.45, 7) is 0. The summed E-state index contributed by atoms with van der Waals surface area (Å²) in [4.78, 5) is 0. The fraction of sp³-hybridized carbons (Fsp3) is 0. The van der Waals surface area contributed by atoms with Crippen LogP contribution in [0.15, 0.2) is 24.3 Å². The Morgan fingerprint density at radius 2 is 2.27 bits per heavy atom. The SMILES string of the molecule is C#Cc1cccc(NC#N)c1. The monoisotopic (exact) mass is 142 g/mol. The van der Waals surface area contributed by atoms with Crippen molar-refractivity contribution in [3.05, 3.63) is 29.8 Å². The van der Waals surface area contributed by atoms with Gasteiger partial charge in [-0.3, -0.25) is 5.32 Å². The summed E-state index contributed by atoms with van der Waals surface area (Å²) in [5.74, 6) is 2.48. The molecule has 2 nitrogen and oxygen atoms in total. The average molecular weight is 142 g/mol. The van der Waals surface area contributed by atoms with Crippen molar-refractivity contribution in [3.8, 4) is 18.5 Å². The van der Waals surface area contributed by atoms with Crippen molar-refractivity contribution in [3.63, 3.8) is 0 Å². The summed E-state index contributed by atoms with van der Waals surface area (Å²) >= 11 is 0. The molecule has 0 saturated heterocycles. The molecule has 2 heteroatoms. The van der Waals surface area contributed by atoms with Gasteiger partial charge >= 0.3 is 0 Å². The minimum atomic E-state index is 0.725. The highest BCUT2D eigenvalue weighted by atomic mass is 14.9. The van der Waals surface area contributed by atoms with Crippen LogP contribution in [0.3, 0.4) is 0 Å². The zero-order valence-electron chi connectivity index (χ0n) is 5.83. The molecular weight excluding hydrogens is 136 g/mol. The van der Waals surface area contributed by atoms with Gasteiger partial charge in [-0.1, -0.05) is 12.0 Å². The van der Waals surface area contributed by atoms with Crippen molar-refractivity contribution in [2.45, 2.75) is 0 Å². The van der Waals surface area contributed by atoms with E-state index >= 15 is 0 Å². The van der Waals surface area contributed by atoms with E-state index in [1.54, 1.807) is 18.2 Å². The predicted octanol–water partition coefficient (Wildman–Crippen LogP) is 1.56. The molecule has 0 bridgehead atoms. The van der Waals surface area contributed by atoms with E-state index in [1.807, 2.05) is 12.3 Å². The van der Waals surface area contributed by atoms with Gasteiger partial charge in [0.15, 0.2) is 6.19 Å². The standard InChI is InChI=1S/C9H6N2/c1-2-8-4-3-5-9(6-8)11-7-10/h1,3-6,11H. The number of anilines is 1. The number of hydrogen-bond acceptors (Lipinski definition) is 2. The number of rotatable bonds is 1. The van der Waals surface area contributed by atoms with Gasteiger partial charge in [-0.2, -0.15) is 5.26 Å². The lowest BCUT2D eigenvalue weighted by Gasteiger charge is -1.95. The van der Waals surface area contributed by atoms with Crippen LogP contribution in [0.1, 0.15) is 5.56 Å². The molecule has 0 heterocycles. The van der Waals surface area contributed by atoms with Gasteiger partial charge in [0.25, 0.3) is 0 Å². The highest BCUT2D eigenvalue weighted by molar-refractivity contribution is 5.51. The molecule has 0 saturated carbocycles. The first-order chi connectivity index (χ1) is 5.36. The first kappa shape index (κ1) is 7.18. The van der Waals surface area contributed by atoms with Crippen LogP contribution < -0.4 is 5.32 Å². The highest BCUT2D eigenvalue weighted by Gasteiger charge is 1.89. The van der Waals surface area contributed by atoms with Gasteiger partial charge in [-0.25, -0.2) is 0 Å². The first-order valence-electron chi connectivity index (χ1n) is 3.08. The molecule has 0 amide bonds. The normalized spacial score (nSPS) is 7.82. The molecule has 11 heavy (non-hydrogen) atoms. The van der Waals surface area contributed by atoms with Crippen LogP contribution in [-0.4, -0.2) is 0 Å². The molecule has 52 valence electrons. The summed E-state index contributed by atoms with van der Waals surface area (Å²) in [5.41, 5.74) is 1.49. The lowest BCUT2D eigenvalue weighted by atomic mass is 10.2. The second-order valence-electron chi connectivity index (χ2n) is 1.96. The van der Waals surface area contributed by atoms with Gasteiger partial charge in [0.2, 0.25) is 0 Å². The topological polar surface area (TPSA) is 35.8 Å². The number of terminal acetylenes is 1. The van der Waals surface area contributed by atoms with E-state index < -0.39 is 0 Å². The minimum Gasteiger partial charge on any atom is -0.293 e. The van der Waals surface area contributed by atoms with Crippen LogP contribution >= 0.6 is 0 Å². The molecule has 0 unspecified atom stereocenters. The van der Waals surface area contributed by atoms with Crippen LogP contribution in [0.25, 0.3) is 0 Å². The van der Waals surface area contributed by atoms with Gasteiger partial charge in [0.1, 0.15) is 0 Å². The van der Waals surface area contributed by atoms with Crippen LogP contribution in [0.4, 0.5) is 5.69 Å². The summed E-state index contributed by atoms with van der Waals surface area (Å²) in [7, 11) is 0. The van der Waals surface area contributed by atoms with Crippen molar-refractivity contribution < 1.29 is 0 Å². The Morgan fingerprint density at radius 3 is 2.91 bits per heavy atom. The number of nitrogens with one attached hydrogen (secondary N) is 1. The molecule has 0 spiro atoms. The summed E-state index contributed by atoms with van der Waals surface area (Å²) in [6.07, 6.45) is 6.97. The Bertz CT molecular complexity index is 328. The zero-order valence-corrected chi connectivity index (χ0v) is 5.83. The molecule has 1 aromatic carbocycles. The largest absolute Gasteiger partial charge is 0.293 e.